The highest BCUT2D eigenvalue weighted by molar-refractivity contribution is 6.30. The van der Waals surface area contributed by atoms with Crippen LogP contribution >= 0.6 is 11.6 Å². The van der Waals surface area contributed by atoms with Crippen LogP contribution in [0.15, 0.2) is 48.7 Å². The van der Waals surface area contributed by atoms with Gasteiger partial charge < -0.3 is 9.64 Å². The Hall–Kier alpha value is -2.66. The van der Waals surface area contributed by atoms with E-state index in [-0.39, 0.29) is 6.10 Å². The number of fused-ring (bicyclic) bond motifs is 1. The third-order valence-electron chi connectivity index (χ3n) is 4.57. The molecule has 0 bridgehead atoms. The third kappa shape index (κ3) is 3.63. The number of aldehydes is 1. The highest BCUT2D eigenvalue weighted by Gasteiger charge is 2.22. The average molecular weight is 368 g/mol. The lowest BCUT2D eigenvalue weighted by atomic mass is 10.1. The Morgan fingerprint density at radius 1 is 1.08 bits per heavy atom. The summed E-state index contributed by atoms with van der Waals surface area (Å²) in [6.45, 7) is 1.73. The van der Waals surface area contributed by atoms with Crippen LogP contribution in [-0.2, 0) is 0 Å². The monoisotopic (exact) mass is 367 g/mol. The number of carbonyl (C=O) groups excluding carboxylic acids is 1. The summed E-state index contributed by atoms with van der Waals surface area (Å²) in [6, 6.07) is 12.8. The molecule has 1 fully saturated rings. The fourth-order valence-electron chi connectivity index (χ4n) is 3.15. The van der Waals surface area contributed by atoms with Gasteiger partial charge in [-0.1, -0.05) is 11.6 Å². The number of rotatable bonds is 4. The number of ether oxygens (including phenoxy) is 1. The van der Waals surface area contributed by atoms with Crippen molar-refractivity contribution < 1.29 is 9.53 Å². The van der Waals surface area contributed by atoms with Gasteiger partial charge in [0.25, 0.3) is 0 Å². The Labute approximate surface area is 156 Å². The second kappa shape index (κ2) is 7.30. The fourth-order valence-corrected chi connectivity index (χ4v) is 3.28. The summed E-state index contributed by atoms with van der Waals surface area (Å²) >= 11 is 5.91. The van der Waals surface area contributed by atoms with Gasteiger partial charge in [-0.25, -0.2) is 4.98 Å². The molecule has 132 valence electrons. The van der Waals surface area contributed by atoms with Crippen LogP contribution in [0.25, 0.3) is 11.0 Å². The van der Waals surface area contributed by atoms with Gasteiger partial charge in [-0.3, -0.25) is 9.78 Å². The van der Waals surface area contributed by atoms with Crippen LogP contribution in [0.5, 0.6) is 5.75 Å². The van der Waals surface area contributed by atoms with Crippen LogP contribution in [0.2, 0.25) is 5.02 Å². The average Bonchev–Trinajstić information content (AvgIpc) is 2.69. The number of nitrogens with zero attached hydrogens (tertiary/aromatic N) is 3. The van der Waals surface area contributed by atoms with Gasteiger partial charge in [0.2, 0.25) is 0 Å². The Bertz CT molecular complexity index is 922. The third-order valence-corrected chi connectivity index (χ3v) is 4.82. The zero-order valence-corrected chi connectivity index (χ0v) is 14.9. The SMILES string of the molecule is O=Cc1ccc2nc(N3CCC(Oc4ccc(Cl)cc4)CC3)cnc2c1. The summed E-state index contributed by atoms with van der Waals surface area (Å²) in [5.74, 6) is 1.71. The normalized spacial score (nSPS) is 15.2. The Morgan fingerprint density at radius 2 is 1.85 bits per heavy atom. The van der Waals surface area contributed by atoms with Crippen molar-refractivity contribution in [2.45, 2.75) is 18.9 Å². The highest BCUT2D eigenvalue weighted by atomic mass is 35.5. The van der Waals surface area contributed by atoms with Gasteiger partial charge in [0.05, 0.1) is 17.2 Å². The highest BCUT2D eigenvalue weighted by Crippen LogP contribution is 2.24. The first kappa shape index (κ1) is 16.8. The van der Waals surface area contributed by atoms with Crippen molar-refractivity contribution >= 4 is 34.7 Å². The van der Waals surface area contributed by atoms with E-state index in [1.807, 2.05) is 30.3 Å². The topological polar surface area (TPSA) is 55.3 Å². The predicted molar refractivity (Wildman–Crippen MR) is 102 cm³/mol. The van der Waals surface area contributed by atoms with Crippen LogP contribution in [0.3, 0.4) is 0 Å². The molecule has 2 heterocycles. The fraction of sp³-hybridized carbons (Fsp3) is 0.250. The molecule has 0 amide bonds. The van der Waals surface area contributed by atoms with Crippen molar-refractivity contribution in [3.63, 3.8) is 0 Å². The lowest BCUT2D eigenvalue weighted by molar-refractivity contribution is 0.112. The molecule has 0 unspecified atom stereocenters. The molecule has 6 heteroatoms. The second-order valence-electron chi connectivity index (χ2n) is 6.35. The quantitative estimate of drug-likeness (QED) is 0.648. The first-order chi connectivity index (χ1) is 12.7. The maximum Gasteiger partial charge on any atom is 0.150 e. The van der Waals surface area contributed by atoms with Crippen molar-refractivity contribution in [1.82, 2.24) is 9.97 Å². The second-order valence-corrected chi connectivity index (χ2v) is 6.79. The molecular formula is C20H18ClN3O2. The van der Waals surface area contributed by atoms with E-state index in [2.05, 4.69) is 14.9 Å². The van der Waals surface area contributed by atoms with Crippen LogP contribution < -0.4 is 9.64 Å². The number of aromatic nitrogens is 2. The molecule has 0 saturated carbocycles. The number of halogens is 1. The van der Waals surface area contributed by atoms with E-state index < -0.39 is 0 Å². The molecule has 2 aromatic carbocycles. The predicted octanol–water partition coefficient (Wildman–Crippen LogP) is 4.14. The van der Waals surface area contributed by atoms with Crippen LogP contribution in [-0.4, -0.2) is 35.4 Å². The molecule has 4 rings (SSSR count). The van der Waals surface area contributed by atoms with E-state index in [1.54, 1.807) is 18.3 Å². The molecule has 1 aliphatic rings. The maximum atomic E-state index is 10.9. The van der Waals surface area contributed by atoms with Gasteiger partial charge >= 0.3 is 0 Å². The Kier molecular flexibility index (Phi) is 4.71. The molecular weight excluding hydrogens is 350 g/mol. The summed E-state index contributed by atoms with van der Waals surface area (Å²) in [7, 11) is 0. The molecule has 26 heavy (non-hydrogen) atoms. The molecule has 0 atom stereocenters. The van der Waals surface area contributed by atoms with Gasteiger partial charge in [0, 0.05) is 36.5 Å². The number of carbonyl (C=O) groups is 1. The minimum absolute atomic E-state index is 0.191. The van der Waals surface area contributed by atoms with E-state index in [9.17, 15) is 4.79 Å². The lowest BCUT2D eigenvalue weighted by Gasteiger charge is -2.32. The molecule has 0 radical (unpaired) electrons. The van der Waals surface area contributed by atoms with Gasteiger partial charge in [-0.15, -0.1) is 0 Å². The lowest BCUT2D eigenvalue weighted by Crippen LogP contribution is -2.38. The number of hydrogen-bond donors (Lipinski definition) is 0. The van der Waals surface area contributed by atoms with Crippen LogP contribution in [0.4, 0.5) is 5.82 Å². The van der Waals surface area contributed by atoms with Crippen molar-refractivity contribution in [2.75, 3.05) is 18.0 Å². The standard InChI is InChI=1S/C20H18ClN3O2/c21-15-2-4-16(5-3-15)26-17-7-9-24(10-8-17)20-12-22-19-11-14(13-25)1-6-18(19)23-20/h1-6,11-13,17H,7-10H2. The van der Waals surface area contributed by atoms with E-state index in [0.29, 0.717) is 10.6 Å². The number of hydrogen-bond acceptors (Lipinski definition) is 5. The summed E-state index contributed by atoms with van der Waals surface area (Å²) in [5, 5.41) is 0.710. The molecule has 5 nitrogen and oxygen atoms in total. The van der Waals surface area contributed by atoms with Gasteiger partial charge in [0.15, 0.2) is 0 Å². The van der Waals surface area contributed by atoms with E-state index in [1.165, 1.54) is 0 Å². The van der Waals surface area contributed by atoms with Gasteiger partial charge in [-0.05, 0) is 42.5 Å². The maximum absolute atomic E-state index is 10.9. The van der Waals surface area contributed by atoms with E-state index in [4.69, 9.17) is 16.3 Å². The summed E-state index contributed by atoms with van der Waals surface area (Å²) in [4.78, 5) is 22.2. The zero-order valence-electron chi connectivity index (χ0n) is 14.1. The van der Waals surface area contributed by atoms with Crippen LogP contribution in [0.1, 0.15) is 23.2 Å². The molecule has 1 saturated heterocycles. The van der Waals surface area contributed by atoms with Crippen LogP contribution in [0, 0.1) is 0 Å². The first-order valence-corrected chi connectivity index (χ1v) is 8.98. The number of piperidine rings is 1. The number of anilines is 1. The molecule has 3 aromatic rings. The van der Waals surface area contributed by atoms with Gasteiger partial charge in [-0.2, -0.15) is 0 Å². The molecule has 0 N–H and O–H groups in total. The van der Waals surface area contributed by atoms with Crippen molar-refractivity contribution in [3.05, 3.63) is 59.2 Å². The number of benzene rings is 2. The molecule has 1 aliphatic heterocycles. The zero-order chi connectivity index (χ0) is 17.9. The van der Waals surface area contributed by atoms with Crippen molar-refractivity contribution in [2.24, 2.45) is 0 Å². The van der Waals surface area contributed by atoms with Crippen molar-refractivity contribution in [1.29, 1.82) is 0 Å². The molecule has 1 aromatic heterocycles. The minimum Gasteiger partial charge on any atom is -0.490 e. The smallest absolute Gasteiger partial charge is 0.150 e. The summed E-state index contributed by atoms with van der Waals surface area (Å²) < 4.78 is 6.04. The summed E-state index contributed by atoms with van der Waals surface area (Å²) in [5.41, 5.74) is 2.15. The molecule has 0 aliphatic carbocycles. The van der Waals surface area contributed by atoms with E-state index >= 15 is 0 Å². The van der Waals surface area contributed by atoms with E-state index in [0.717, 1.165) is 54.8 Å². The van der Waals surface area contributed by atoms with Gasteiger partial charge in [0.1, 0.15) is 24.0 Å². The minimum atomic E-state index is 0.191. The largest absolute Gasteiger partial charge is 0.490 e. The first-order valence-electron chi connectivity index (χ1n) is 8.60. The Morgan fingerprint density at radius 3 is 2.58 bits per heavy atom. The Balaban J connectivity index is 1.41. The van der Waals surface area contributed by atoms with Crippen molar-refractivity contribution in [3.8, 4) is 5.75 Å². The molecule has 0 spiro atoms. The summed E-state index contributed by atoms with van der Waals surface area (Å²) in [6.07, 6.45) is 4.63.